The number of aromatic nitrogens is 1. The summed E-state index contributed by atoms with van der Waals surface area (Å²) in [6.45, 7) is 8.51. The average molecular weight is 412 g/mol. The van der Waals surface area contributed by atoms with Crippen LogP contribution in [0.5, 0.6) is 11.5 Å². The summed E-state index contributed by atoms with van der Waals surface area (Å²) in [7, 11) is 3.42. The maximum absolute atomic E-state index is 13.2. The van der Waals surface area contributed by atoms with Gasteiger partial charge in [0.1, 0.15) is 17.2 Å². The fraction of sp³-hybridized carbons (Fsp3) is 0.478. The number of nitrogens with one attached hydrogen (secondary N) is 1. The van der Waals surface area contributed by atoms with Gasteiger partial charge in [0.15, 0.2) is 6.10 Å². The minimum absolute atomic E-state index is 0.0250. The molecule has 0 fully saturated rings. The highest BCUT2D eigenvalue weighted by molar-refractivity contribution is 6.01. The zero-order valence-electron chi connectivity index (χ0n) is 18.4. The molecule has 3 heterocycles. The highest BCUT2D eigenvalue weighted by Gasteiger charge is 2.41. The van der Waals surface area contributed by atoms with Crippen LogP contribution >= 0.6 is 0 Å². The van der Waals surface area contributed by atoms with Crippen LogP contribution in [0.1, 0.15) is 55.2 Å². The Hall–Kier alpha value is -2.96. The number of carbonyl (C=O) groups excluding carboxylic acids is 2. The van der Waals surface area contributed by atoms with E-state index in [9.17, 15) is 9.59 Å². The molecule has 2 unspecified atom stereocenters. The van der Waals surface area contributed by atoms with Gasteiger partial charge in [-0.1, -0.05) is 13.8 Å². The van der Waals surface area contributed by atoms with Crippen molar-refractivity contribution in [1.82, 2.24) is 9.88 Å². The molecule has 7 heteroatoms. The fourth-order valence-electron chi connectivity index (χ4n) is 4.45. The summed E-state index contributed by atoms with van der Waals surface area (Å²) in [5, 5.41) is 0. The molecule has 0 bridgehead atoms. The first-order valence-electron chi connectivity index (χ1n) is 10.4. The summed E-state index contributed by atoms with van der Waals surface area (Å²) in [5.41, 5.74) is 3.18. The summed E-state index contributed by atoms with van der Waals surface area (Å²) < 4.78 is 11.9. The number of amides is 2. The number of H-pyrrole nitrogens is 1. The van der Waals surface area contributed by atoms with Crippen molar-refractivity contribution in [3.8, 4) is 11.5 Å². The molecule has 2 aromatic rings. The summed E-state index contributed by atoms with van der Waals surface area (Å²) in [4.78, 5) is 32.4. The van der Waals surface area contributed by atoms with E-state index < -0.39 is 6.10 Å². The molecule has 0 spiro atoms. The molecule has 2 aliphatic heterocycles. The number of rotatable bonds is 4. The van der Waals surface area contributed by atoms with E-state index in [0.29, 0.717) is 23.7 Å². The third-order valence-corrected chi connectivity index (χ3v) is 5.96. The molecule has 30 heavy (non-hydrogen) atoms. The van der Waals surface area contributed by atoms with Gasteiger partial charge < -0.3 is 24.3 Å². The van der Waals surface area contributed by atoms with E-state index >= 15 is 0 Å². The summed E-state index contributed by atoms with van der Waals surface area (Å²) in [6.07, 6.45) is 1.24. The Morgan fingerprint density at radius 1 is 1.17 bits per heavy atom. The van der Waals surface area contributed by atoms with Crippen LogP contribution in [0.3, 0.4) is 0 Å². The number of methoxy groups -OCH3 is 1. The van der Waals surface area contributed by atoms with Crippen LogP contribution in [0.25, 0.3) is 0 Å². The van der Waals surface area contributed by atoms with E-state index in [4.69, 9.17) is 9.47 Å². The van der Waals surface area contributed by atoms with Crippen LogP contribution in [-0.4, -0.2) is 54.5 Å². The van der Waals surface area contributed by atoms with Gasteiger partial charge in [-0.15, -0.1) is 0 Å². The van der Waals surface area contributed by atoms with Gasteiger partial charge >= 0.3 is 0 Å². The van der Waals surface area contributed by atoms with Crippen molar-refractivity contribution in [2.24, 2.45) is 5.92 Å². The lowest BCUT2D eigenvalue weighted by molar-refractivity contribution is -0.128. The van der Waals surface area contributed by atoms with Crippen LogP contribution in [0.15, 0.2) is 24.4 Å². The highest BCUT2D eigenvalue weighted by Crippen LogP contribution is 2.47. The van der Waals surface area contributed by atoms with E-state index in [1.165, 1.54) is 0 Å². The van der Waals surface area contributed by atoms with Gasteiger partial charge in [-0.25, -0.2) is 0 Å². The predicted molar refractivity (Wildman–Crippen MR) is 114 cm³/mol. The Balaban J connectivity index is 1.94. The lowest BCUT2D eigenvalue weighted by Crippen LogP contribution is -2.51. The highest BCUT2D eigenvalue weighted by atomic mass is 16.5. The number of aromatic amines is 1. The number of carbonyl (C=O) groups is 2. The van der Waals surface area contributed by atoms with Crippen LogP contribution in [-0.2, 0) is 4.79 Å². The molecule has 0 saturated carbocycles. The Bertz CT molecular complexity index is 994. The van der Waals surface area contributed by atoms with Crippen molar-refractivity contribution in [2.45, 2.75) is 45.8 Å². The van der Waals surface area contributed by atoms with E-state index in [1.54, 1.807) is 25.3 Å². The zero-order chi connectivity index (χ0) is 21.7. The maximum atomic E-state index is 13.2. The van der Waals surface area contributed by atoms with Crippen molar-refractivity contribution >= 4 is 17.5 Å². The second kappa shape index (κ2) is 7.38. The smallest absolute Gasteiger partial charge is 0.270 e. The fourth-order valence-corrected chi connectivity index (χ4v) is 4.45. The van der Waals surface area contributed by atoms with Gasteiger partial charge in [0.05, 0.1) is 12.8 Å². The number of fused-ring (bicyclic) bond motifs is 2. The summed E-state index contributed by atoms with van der Waals surface area (Å²) in [5.74, 6) is 1.23. The van der Waals surface area contributed by atoms with Gasteiger partial charge in [-0.05, 0) is 37.5 Å². The van der Waals surface area contributed by atoms with Gasteiger partial charge in [0, 0.05) is 43.4 Å². The minimum Gasteiger partial charge on any atom is -0.497 e. The topological polar surface area (TPSA) is 74.9 Å². The number of ether oxygens (including phenoxy) is 2. The SMILES string of the molecule is COc1cc(C2CN(C)C(=O)c3[nH]ccc32)c2c(c1)N(C(C)C)C(=O)C(C(C)C)O2. The lowest BCUT2D eigenvalue weighted by Gasteiger charge is -2.40. The molecule has 2 aliphatic rings. The number of hydrogen-bond donors (Lipinski definition) is 1. The van der Waals surface area contributed by atoms with Gasteiger partial charge in [-0.3, -0.25) is 9.59 Å². The van der Waals surface area contributed by atoms with Crippen molar-refractivity contribution in [3.63, 3.8) is 0 Å². The van der Waals surface area contributed by atoms with Crippen molar-refractivity contribution in [2.75, 3.05) is 25.6 Å². The molecule has 2 amide bonds. The van der Waals surface area contributed by atoms with Gasteiger partial charge in [-0.2, -0.15) is 0 Å². The largest absolute Gasteiger partial charge is 0.497 e. The normalized spacial score (nSPS) is 21.1. The third kappa shape index (κ3) is 3.04. The first-order valence-corrected chi connectivity index (χ1v) is 10.4. The molecule has 0 saturated heterocycles. The lowest BCUT2D eigenvalue weighted by atomic mass is 9.86. The number of hydrogen-bond acceptors (Lipinski definition) is 4. The molecule has 0 radical (unpaired) electrons. The molecule has 1 aromatic heterocycles. The summed E-state index contributed by atoms with van der Waals surface area (Å²) >= 11 is 0. The van der Waals surface area contributed by atoms with Crippen molar-refractivity contribution < 1.29 is 19.1 Å². The minimum atomic E-state index is -0.555. The standard InChI is InChI=1S/C23H29N3O4/c1-12(2)20-23(28)26(13(3)4)18-10-14(29-6)9-16(21(18)30-20)17-11-25(5)22(27)19-15(17)7-8-24-19/h7-10,12-13,17,20,24H,11H2,1-6H3. The molecule has 160 valence electrons. The van der Waals surface area contributed by atoms with Crippen LogP contribution < -0.4 is 14.4 Å². The van der Waals surface area contributed by atoms with Crippen molar-refractivity contribution in [1.29, 1.82) is 0 Å². The predicted octanol–water partition coefficient (Wildman–Crippen LogP) is 3.40. The Kier molecular flexibility index (Phi) is 5.00. The number of nitrogens with zero attached hydrogens (tertiary/aromatic N) is 2. The Morgan fingerprint density at radius 3 is 2.53 bits per heavy atom. The van der Waals surface area contributed by atoms with Gasteiger partial charge in [0.25, 0.3) is 11.8 Å². The van der Waals surface area contributed by atoms with Crippen LogP contribution in [0.2, 0.25) is 0 Å². The molecule has 2 atom stereocenters. The zero-order valence-corrected chi connectivity index (χ0v) is 18.4. The van der Waals surface area contributed by atoms with E-state index in [2.05, 4.69) is 4.98 Å². The van der Waals surface area contributed by atoms with Crippen LogP contribution in [0, 0.1) is 5.92 Å². The summed E-state index contributed by atoms with van der Waals surface area (Å²) in [6, 6.07) is 5.75. The Morgan fingerprint density at radius 2 is 1.90 bits per heavy atom. The molecule has 7 nitrogen and oxygen atoms in total. The molecule has 1 N–H and O–H groups in total. The molecule has 0 aliphatic carbocycles. The first-order chi connectivity index (χ1) is 14.2. The first kappa shape index (κ1) is 20.3. The van der Waals surface area contributed by atoms with E-state index in [-0.39, 0.29) is 29.7 Å². The average Bonchev–Trinajstić information content (AvgIpc) is 3.19. The molecule has 1 aromatic carbocycles. The van der Waals surface area contributed by atoms with E-state index in [1.807, 2.05) is 50.8 Å². The quantitative estimate of drug-likeness (QED) is 0.837. The maximum Gasteiger partial charge on any atom is 0.270 e. The van der Waals surface area contributed by atoms with E-state index in [0.717, 1.165) is 16.8 Å². The number of anilines is 1. The second-order valence-electron chi connectivity index (χ2n) is 8.70. The van der Waals surface area contributed by atoms with Gasteiger partial charge in [0.2, 0.25) is 0 Å². The van der Waals surface area contributed by atoms with Crippen molar-refractivity contribution in [3.05, 3.63) is 41.2 Å². The monoisotopic (exact) mass is 411 g/mol. The van der Waals surface area contributed by atoms with Crippen LogP contribution in [0.4, 0.5) is 5.69 Å². The second-order valence-corrected chi connectivity index (χ2v) is 8.70. The Labute approximate surface area is 177 Å². The molecular formula is C23H29N3O4. The third-order valence-electron chi connectivity index (χ3n) is 5.96. The number of likely N-dealkylation sites (N-methyl/N-ethyl adjacent to an activating group) is 1. The molecule has 4 rings (SSSR count). The number of benzene rings is 1. The molecular weight excluding hydrogens is 382 g/mol.